The Morgan fingerprint density at radius 2 is 1.89 bits per heavy atom. The maximum atomic E-state index is 12.6. The van der Waals surface area contributed by atoms with Crippen LogP contribution in [0.5, 0.6) is 0 Å². The Morgan fingerprint density at radius 1 is 1.11 bits per heavy atom. The summed E-state index contributed by atoms with van der Waals surface area (Å²) in [4.78, 5) is 30.0. The summed E-state index contributed by atoms with van der Waals surface area (Å²) < 4.78 is 1.85. The minimum absolute atomic E-state index is 0.0393. The van der Waals surface area contributed by atoms with Crippen LogP contribution in [0.3, 0.4) is 0 Å². The van der Waals surface area contributed by atoms with Crippen LogP contribution >= 0.6 is 0 Å². The van der Waals surface area contributed by atoms with Crippen LogP contribution < -0.4 is 10.2 Å². The third kappa shape index (κ3) is 3.90. The fourth-order valence-electron chi connectivity index (χ4n) is 3.43. The second-order valence-electron chi connectivity index (χ2n) is 6.80. The smallest absolute Gasteiger partial charge is 0.272 e. The molecule has 1 saturated heterocycles. The van der Waals surface area contributed by atoms with Gasteiger partial charge in [0, 0.05) is 57.4 Å². The summed E-state index contributed by atoms with van der Waals surface area (Å²) in [5.41, 5.74) is 1.28. The molecule has 8 nitrogen and oxygen atoms in total. The highest BCUT2D eigenvalue weighted by molar-refractivity contribution is 5.99. The van der Waals surface area contributed by atoms with Crippen molar-refractivity contribution in [3.05, 3.63) is 54.9 Å². The molecule has 1 atom stereocenters. The van der Waals surface area contributed by atoms with Gasteiger partial charge in [0.25, 0.3) is 5.91 Å². The zero-order chi connectivity index (χ0) is 18.6. The number of hydrogen-bond donors (Lipinski definition) is 1. The van der Waals surface area contributed by atoms with Gasteiger partial charge >= 0.3 is 0 Å². The van der Waals surface area contributed by atoms with Crippen molar-refractivity contribution in [1.82, 2.24) is 29.6 Å². The van der Waals surface area contributed by atoms with Crippen molar-refractivity contribution < 1.29 is 4.79 Å². The van der Waals surface area contributed by atoms with Gasteiger partial charge in [-0.15, -0.1) is 0 Å². The maximum absolute atomic E-state index is 12.6. The Morgan fingerprint density at radius 3 is 2.67 bits per heavy atom. The molecule has 3 aromatic rings. The van der Waals surface area contributed by atoms with Gasteiger partial charge in [-0.25, -0.2) is 15.0 Å². The van der Waals surface area contributed by atoms with E-state index in [2.05, 4.69) is 30.1 Å². The zero-order valence-corrected chi connectivity index (χ0v) is 15.3. The van der Waals surface area contributed by atoms with Crippen molar-refractivity contribution in [2.45, 2.75) is 13.0 Å². The first-order valence-corrected chi connectivity index (χ1v) is 9.17. The van der Waals surface area contributed by atoms with Crippen LogP contribution in [-0.2, 0) is 0 Å². The Bertz CT molecular complexity index is 903. The van der Waals surface area contributed by atoms with Crippen molar-refractivity contribution in [2.75, 3.05) is 37.6 Å². The summed E-state index contributed by atoms with van der Waals surface area (Å²) in [5.74, 6) is 0.651. The van der Waals surface area contributed by atoms with Gasteiger partial charge in [-0.2, -0.15) is 0 Å². The first-order chi connectivity index (χ1) is 13.2. The fraction of sp³-hybridized carbons (Fsp3) is 0.368. The van der Waals surface area contributed by atoms with Gasteiger partial charge in [0.2, 0.25) is 5.95 Å². The van der Waals surface area contributed by atoms with Crippen LogP contribution in [0.1, 0.15) is 17.4 Å². The lowest BCUT2D eigenvalue weighted by molar-refractivity contribution is 0.0925. The zero-order valence-electron chi connectivity index (χ0n) is 15.3. The molecule has 3 aromatic heterocycles. The van der Waals surface area contributed by atoms with Crippen molar-refractivity contribution in [3.8, 4) is 0 Å². The number of carbonyl (C=O) groups is 1. The molecule has 1 aliphatic rings. The molecule has 0 spiro atoms. The highest BCUT2D eigenvalue weighted by atomic mass is 16.2. The average molecular weight is 365 g/mol. The molecule has 0 bridgehead atoms. The van der Waals surface area contributed by atoms with E-state index in [0.717, 1.165) is 44.2 Å². The topological polar surface area (TPSA) is 78.7 Å². The van der Waals surface area contributed by atoms with Crippen LogP contribution in [0.15, 0.2) is 49.2 Å². The minimum atomic E-state index is -0.132. The highest BCUT2D eigenvalue weighted by Crippen LogP contribution is 2.11. The van der Waals surface area contributed by atoms with E-state index in [-0.39, 0.29) is 11.9 Å². The van der Waals surface area contributed by atoms with E-state index in [9.17, 15) is 4.79 Å². The number of fused-ring (bicyclic) bond motifs is 1. The van der Waals surface area contributed by atoms with E-state index < -0.39 is 0 Å². The number of rotatable bonds is 5. The molecule has 4 heterocycles. The van der Waals surface area contributed by atoms with Crippen molar-refractivity contribution in [2.24, 2.45) is 0 Å². The lowest BCUT2D eigenvalue weighted by Crippen LogP contribution is -2.51. The molecule has 1 aliphatic heterocycles. The average Bonchev–Trinajstić information content (AvgIpc) is 3.13. The second kappa shape index (κ2) is 7.71. The summed E-state index contributed by atoms with van der Waals surface area (Å²) in [5, 5.41) is 3.07. The standard InChI is InChI=1S/C19H23N7O/c1-15(23-18(27)17-16-5-2-3-8-26(16)14-22-17)13-24-9-11-25(12-10-24)19-20-6-4-7-21-19/h2-8,14-15H,9-13H2,1H3,(H,23,27). The first kappa shape index (κ1) is 17.4. The van der Waals surface area contributed by atoms with E-state index in [1.165, 1.54) is 0 Å². The Balaban J connectivity index is 1.30. The van der Waals surface area contributed by atoms with Crippen molar-refractivity contribution in [3.63, 3.8) is 0 Å². The number of anilines is 1. The highest BCUT2D eigenvalue weighted by Gasteiger charge is 2.21. The number of nitrogens with zero attached hydrogens (tertiary/aromatic N) is 6. The summed E-state index contributed by atoms with van der Waals surface area (Å²) in [6, 6.07) is 7.59. The molecule has 27 heavy (non-hydrogen) atoms. The third-order valence-corrected chi connectivity index (χ3v) is 4.78. The molecule has 1 unspecified atom stereocenters. The monoisotopic (exact) mass is 365 g/mol. The summed E-state index contributed by atoms with van der Waals surface area (Å²) >= 11 is 0. The van der Waals surface area contributed by atoms with Gasteiger partial charge in [-0.05, 0) is 25.1 Å². The minimum Gasteiger partial charge on any atom is -0.347 e. The summed E-state index contributed by atoms with van der Waals surface area (Å²) in [6.45, 7) is 6.45. The molecule has 140 valence electrons. The Hall–Kier alpha value is -3.00. The Kier molecular flexibility index (Phi) is 4.97. The number of piperazine rings is 1. The van der Waals surface area contributed by atoms with Gasteiger partial charge in [-0.1, -0.05) is 6.07 Å². The van der Waals surface area contributed by atoms with E-state index in [0.29, 0.717) is 5.69 Å². The molecule has 0 aliphatic carbocycles. The largest absolute Gasteiger partial charge is 0.347 e. The summed E-state index contributed by atoms with van der Waals surface area (Å²) in [7, 11) is 0. The van der Waals surface area contributed by atoms with Gasteiger partial charge in [-0.3, -0.25) is 9.69 Å². The van der Waals surface area contributed by atoms with E-state index >= 15 is 0 Å². The third-order valence-electron chi connectivity index (χ3n) is 4.78. The molecular weight excluding hydrogens is 342 g/mol. The molecule has 1 N–H and O–H groups in total. The molecule has 0 radical (unpaired) electrons. The van der Waals surface area contributed by atoms with E-state index in [4.69, 9.17) is 0 Å². The predicted octanol–water partition coefficient (Wildman–Crippen LogP) is 1.06. The number of carbonyl (C=O) groups excluding carboxylic acids is 1. The number of amides is 1. The maximum Gasteiger partial charge on any atom is 0.272 e. The quantitative estimate of drug-likeness (QED) is 0.729. The fourth-order valence-corrected chi connectivity index (χ4v) is 3.43. The lowest BCUT2D eigenvalue weighted by atomic mass is 10.2. The molecule has 1 fully saturated rings. The summed E-state index contributed by atoms with van der Waals surface area (Å²) in [6.07, 6.45) is 7.09. The van der Waals surface area contributed by atoms with Crippen molar-refractivity contribution in [1.29, 1.82) is 0 Å². The lowest BCUT2D eigenvalue weighted by Gasteiger charge is -2.35. The number of aromatic nitrogens is 4. The normalized spacial score (nSPS) is 16.4. The number of nitrogens with one attached hydrogen (secondary N) is 1. The predicted molar refractivity (Wildman–Crippen MR) is 103 cm³/mol. The molecule has 1 amide bonds. The van der Waals surface area contributed by atoms with Crippen LogP contribution in [0.2, 0.25) is 0 Å². The van der Waals surface area contributed by atoms with Crippen LogP contribution in [0.25, 0.3) is 5.52 Å². The van der Waals surface area contributed by atoms with Gasteiger partial charge < -0.3 is 14.6 Å². The van der Waals surface area contributed by atoms with Crippen LogP contribution in [0.4, 0.5) is 5.95 Å². The number of hydrogen-bond acceptors (Lipinski definition) is 6. The second-order valence-corrected chi connectivity index (χ2v) is 6.80. The molecular formula is C19H23N7O. The molecule has 4 rings (SSSR count). The van der Waals surface area contributed by atoms with Crippen molar-refractivity contribution >= 4 is 17.4 Å². The number of imidazole rings is 1. The van der Waals surface area contributed by atoms with Gasteiger partial charge in [0.15, 0.2) is 5.69 Å². The molecule has 0 aromatic carbocycles. The van der Waals surface area contributed by atoms with Crippen LogP contribution in [0, 0.1) is 0 Å². The molecule has 0 saturated carbocycles. The van der Waals surface area contributed by atoms with E-state index in [1.54, 1.807) is 18.7 Å². The SMILES string of the molecule is CC(CN1CCN(c2ncccn2)CC1)NC(=O)c1ncn2ccccc12. The first-order valence-electron chi connectivity index (χ1n) is 9.17. The van der Waals surface area contributed by atoms with Gasteiger partial charge in [0.1, 0.15) is 6.33 Å². The Labute approximate surface area is 157 Å². The van der Waals surface area contributed by atoms with E-state index in [1.807, 2.05) is 41.8 Å². The van der Waals surface area contributed by atoms with Gasteiger partial charge in [0.05, 0.1) is 5.52 Å². The molecule has 8 heteroatoms. The van der Waals surface area contributed by atoms with Crippen LogP contribution in [-0.4, -0.2) is 68.9 Å². The number of pyridine rings is 1.